The van der Waals surface area contributed by atoms with E-state index >= 15 is 0 Å². The lowest BCUT2D eigenvalue weighted by Crippen LogP contribution is -2.50. The number of hydrogen-bond donors (Lipinski definition) is 2. The summed E-state index contributed by atoms with van der Waals surface area (Å²) in [5.41, 5.74) is 6.44. The Labute approximate surface area is 109 Å². The van der Waals surface area contributed by atoms with Crippen molar-refractivity contribution in [3.8, 4) is 0 Å². The number of halogens is 2. The smallest absolute Gasteiger partial charge is 0.137 e. The second kappa shape index (κ2) is 4.92. The van der Waals surface area contributed by atoms with Gasteiger partial charge in [-0.1, -0.05) is 0 Å². The fourth-order valence-electron chi connectivity index (χ4n) is 2.13. The predicted molar refractivity (Wildman–Crippen MR) is 69.5 cm³/mol. The van der Waals surface area contributed by atoms with Crippen LogP contribution >= 0.6 is 15.9 Å². The molecule has 3 nitrogen and oxygen atoms in total. The monoisotopic (exact) mass is 302 g/mol. The average Bonchev–Trinajstić information content (AvgIpc) is 2.66. The molecule has 5 heteroatoms. The number of nitrogens with one attached hydrogen (secondary N) is 1. The van der Waals surface area contributed by atoms with E-state index in [-0.39, 0.29) is 17.5 Å². The molecule has 0 amide bonds. The molecule has 0 radical (unpaired) electrons. The predicted octanol–water partition coefficient (Wildman–Crippen LogP) is 2.51. The Morgan fingerprint density at radius 2 is 2.41 bits per heavy atom. The van der Waals surface area contributed by atoms with Crippen LogP contribution in [0.15, 0.2) is 22.7 Å². The maximum atomic E-state index is 13.1. The quantitative estimate of drug-likeness (QED) is 0.902. The van der Waals surface area contributed by atoms with Crippen molar-refractivity contribution in [3.63, 3.8) is 0 Å². The normalized spacial score (nSPS) is 28.4. The summed E-state index contributed by atoms with van der Waals surface area (Å²) in [6.45, 7) is 3.20. The van der Waals surface area contributed by atoms with E-state index in [9.17, 15) is 4.39 Å². The second-order valence-electron chi connectivity index (χ2n) is 4.38. The van der Waals surface area contributed by atoms with Crippen LogP contribution in [0.25, 0.3) is 0 Å². The number of anilines is 1. The third-order valence-electron chi connectivity index (χ3n) is 3.37. The number of ether oxygens (including phenoxy) is 1. The molecule has 1 fully saturated rings. The number of hydrogen-bond acceptors (Lipinski definition) is 3. The van der Waals surface area contributed by atoms with Crippen molar-refractivity contribution in [3.05, 3.63) is 28.5 Å². The molecule has 2 rings (SSSR count). The zero-order valence-corrected chi connectivity index (χ0v) is 11.3. The van der Waals surface area contributed by atoms with E-state index in [2.05, 4.69) is 21.2 Å². The molecule has 94 valence electrons. The number of benzene rings is 1. The molecular formula is C12H16BrFN2O. The minimum atomic E-state index is -0.270. The maximum absolute atomic E-state index is 13.1. The minimum Gasteiger partial charge on any atom is -0.376 e. The van der Waals surface area contributed by atoms with Crippen LogP contribution in [-0.2, 0) is 4.74 Å². The first-order valence-electron chi connectivity index (χ1n) is 5.62. The molecule has 1 aromatic carbocycles. The van der Waals surface area contributed by atoms with Gasteiger partial charge in [0.15, 0.2) is 0 Å². The van der Waals surface area contributed by atoms with Crippen molar-refractivity contribution in [2.75, 3.05) is 18.5 Å². The molecule has 0 bridgehead atoms. The molecule has 1 aromatic rings. The molecule has 2 unspecified atom stereocenters. The summed E-state index contributed by atoms with van der Waals surface area (Å²) < 4.78 is 19.1. The van der Waals surface area contributed by atoms with Crippen molar-refractivity contribution in [2.24, 2.45) is 5.73 Å². The van der Waals surface area contributed by atoms with Gasteiger partial charge in [-0.05, 0) is 47.5 Å². The SMILES string of the molecule is CC1OCCC1(CN)Nc1ccc(F)c(Br)c1. The van der Waals surface area contributed by atoms with Crippen LogP contribution in [0.4, 0.5) is 10.1 Å². The molecule has 0 aromatic heterocycles. The van der Waals surface area contributed by atoms with Gasteiger partial charge in [0.25, 0.3) is 0 Å². The highest BCUT2D eigenvalue weighted by atomic mass is 79.9. The van der Waals surface area contributed by atoms with Crippen LogP contribution in [0.3, 0.4) is 0 Å². The fourth-order valence-corrected chi connectivity index (χ4v) is 2.50. The zero-order chi connectivity index (χ0) is 12.5. The van der Waals surface area contributed by atoms with Crippen LogP contribution in [0.5, 0.6) is 0 Å². The third kappa shape index (κ3) is 2.46. The van der Waals surface area contributed by atoms with Crippen molar-refractivity contribution in [1.29, 1.82) is 0 Å². The van der Waals surface area contributed by atoms with Crippen LogP contribution in [0.1, 0.15) is 13.3 Å². The van der Waals surface area contributed by atoms with Gasteiger partial charge in [0.05, 0.1) is 16.1 Å². The molecular weight excluding hydrogens is 287 g/mol. The summed E-state index contributed by atoms with van der Waals surface area (Å²) >= 11 is 3.17. The van der Waals surface area contributed by atoms with E-state index < -0.39 is 0 Å². The topological polar surface area (TPSA) is 47.3 Å². The van der Waals surface area contributed by atoms with Gasteiger partial charge in [-0.3, -0.25) is 0 Å². The van der Waals surface area contributed by atoms with Crippen LogP contribution in [-0.4, -0.2) is 24.8 Å². The minimum absolute atomic E-state index is 0.0522. The summed E-state index contributed by atoms with van der Waals surface area (Å²) in [5, 5.41) is 3.38. The van der Waals surface area contributed by atoms with Crippen LogP contribution in [0.2, 0.25) is 0 Å². The lowest BCUT2D eigenvalue weighted by atomic mass is 9.91. The Hall–Kier alpha value is -0.650. The van der Waals surface area contributed by atoms with Crippen LogP contribution in [0, 0.1) is 5.82 Å². The van der Waals surface area contributed by atoms with E-state index in [1.54, 1.807) is 12.1 Å². The molecule has 1 heterocycles. The lowest BCUT2D eigenvalue weighted by Gasteiger charge is -2.33. The van der Waals surface area contributed by atoms with Gasteiger partial charge in [0.2, 0.25) is 0 Å². The summed E-state index contributed by atoms with van der Waals surface area (Å²) in [7, 11) is 0. The Bertz CT molecular complexity index is 415. The number of rotatable bonds is 3. The van der Waals surface area contributed by atoms with Gasteiger partial charge in [-0.25, -0.2) is 4.39 Å². The Balaban J connectivity index is 2.21. The average molecular weight is 303 g/mol. The van der Waals surface area contributed by atoms with Gasteiger partial charge in [-0.15, -0.1) is 0 Å². The zero-order valence-electron chi connectivity index (χ0n) is 9.67. The Morgan fingerprint density at radius 1 is 1.65 bits per heavy atom. The van der Waals surface area contributed by atoms with Crippen molar-refractivity contribution < 1.29 is 9.13 Å². The Kier molecular flexibility index (Phi) is 3.70. The second-order valence-corrected chi connectivity index (χ2v) is 5.23. The van der Waals surface area contributed by atoms with E-state index in [1.807, 2.05) is 6.92 Å². The highest BCUT2D eigenvalue weighted by Gasteiger charge is 2.40. The van der Waals surface area contributed by atoms with Gasteiger partial charge >= 0.3 is 0 Å². The van der Waals surface area contributed by atoms with Crippen molar-refractivity contribution in [2.45, 2.75) is 25.0 Å². The van der Waals surface area contributed by atoms with Gasteiger partial charge < -0.3 is 15.8 Å². The first-order valence-corrected chi connectivity index (χ1v) is 6.41. The molecule has 1 saturated heterocycles. The van der Waals surface area contributed by atoms with Gasteiger partial charge in [0, 0.05) is 18.8 Å². The summed E-state index contributed by atoms with van der Waals surface area (Å²) in [6, 6.07) is 4.86. The van der Waals surface area contributed by atoms with Gasteiger partial charge in [-0.2, -0.15) is 0 Å². The van der Waals surface area contributed by atoms with E-state index in [4.69, 9.17) is 10.5 Å². The van der Waals surface area contributed by atoms with Crippen molar-refractivity contribution in [1.82, 2.24) is 0 Å². The maximum Gasteiger partial charge on any atom is 0.137 e. The largest absolute Gasteiger partial charge is 0.376 e. The molecule has 0 saturated carbocycles. The molecule has 1 aliphatic rings. The molecule has 0 spiro atoms. The van der Waals surface area contributed by atoms with Gasteiger partial charge in [0.1, 0.15) is 5.82 Å². The standard InChI is InChI=1S/C12H16BrFN2O/c1-8-12(7-15,4-5-17-8)16-9-2-3-11(14)10(13)6-9/h2-3,6,8,16H,4-5,7,15H2,1H3. The van der Waals surface area contributed by atoms with E-state index in [0.717, 1.165) is 12.1 Å². The molecule has 0 aliphatic carbocycles. The van der Waals surface area contributed by atoms with E-state index in [1.165, 1.54) is 6.07 Å². The molecule has 17 heavy (non-hydrogen) atoms. The molecule has 3 N–H and O–H groups in total. The molecule has 1 aliphatic heterocycles. The third-order valence-corrected chi connectivity index (χ3v) is 3.98. The summed E-state index contributed by atoms with van der Waals surface area (Å²) in [4.78, 5) is 0. The van der Waals surface area contributed by atoms with Crippen LogP contribution < -0.4 is 11.1 Å². The number of nitrogens with two attached hydrogens (primary N) is 1. The van der Waals surface area contributed by atoms with Crippen molar-refractivity contribution >= 4 is 21.6 Å². The fraction of sp³-hybridized carbons (Fsp3) is 0.500. The highest BCUT2D eigenvalue weighted by molar-refractivity contribution is 9.10. The lowest BCUT2D eigenvalue weighted by molar-refractivity contribution is 0.103. The first-order chi connectivity index (χ1) is 8.07. The summed E-state index contributed by atoms with van der Waals surface area (Å²) in [6.07, 6.45) is 0.913. The Morgan fingerprint density at radius 3 is 2.94 bits per heavy atom. The molecule has 2 atom stereocenters. The highest BCUT2D eigenvalue weighted by Crippen LogP contribution is 2.30. The first kappa shape index (κ1) is 12.8. The summed E-state index contributed by atoms with van der Waals surface area (Å²) in [5.74, 6) is -0.270. The van der Waals surface area contributed by atoms with E-state index in [0.29, 0.717) is 17.6 Å².